The van der Waals surface area contributed by atoms with Crippen molar-refractivity contribution in [2.75, 3.05) is 0 Å². The highest BCUT2D eigenvalue weighted by Gasteiger charge is 1.66. The minimum Gasteiger partial charge on any atom is -0.174 e. The molecule has 0 radical (unpaired) electrons. The second-order valence-electron chi connectivity index (χ2n) is 0.677. The van der Waals surface area contributed by atoms with Crippen molar-refractivity contribution in [1.29, 1.82) is 0 Å². The predicted molar refractivity (Wildman–Crippen MR) is 34.0 cm³/mol. The van der Waals surface area contributed by atoms with Crippen molar-refractivity contribution < 1.29 is 17.6 Å². The van der Waals surface area contributed by atoms with Crippen molar-refractivity contribution in [3.63, 3.8) is 0 Å². The summed E-state index contributed by atoms with van der Waals surface area (Å²) in [5.74, 6) is 0. The van der Waals surface area contributed by atoms with Gasteiger partial charge in [-0.1, -0.05) is 0 Å². The molecule has 0 atom stereocenters. The van der Waals surface area contributed by atoms with Gasteiger partial charge in [0.05, 0.1) is 0 Å². The molecule has 0 aliphatic rings. The van der Waals surface area contributed by atoms with Gasteiger partial charge in [0.25, 0.3) is 12.2 Å². The first kappa shape index (κ1) is 16.0. The van der Waals surface area contributed by atoms with Crippen LogP contribution in [0.2, 0.25) is 0 Å². The monoisotopic (exact) mass is 156 g/mol. The van der Waals surface area contributed by atoms with Crippen LogP contribution in [0.5, 0.6) is 0 Å². The molecule has 0 saturated carbocycles. The molecule has 0 rings (SSSR count). The van der Waals surface area contributed by atoms with Crippen LogP contribution in [0.3, 0.4) is 0 Å². The third-order valence-corrected chi connectivity index (χ3v) is 0. The first-order valence-electron chi connectivity index (χ1n) is 1.96. The highest BCUT2D eigenvalue weighted by atomic mass is 19.3. The molecule has 0 aliphatic carbocycles. The third-order valence-electron chi connectivity index (χ3n) is 0. The van der Waals surface area contributed by atoms with Crippen LogP contribution >= 0.6 is 0 Å². The van der Waals surface area contributed by atoms with Crippen molar-refractivity contribution in [1.82, 2.24) is 0 Å². The van der Waals surface area contributed by atoms with Crippen LogP contribution in [0.1, 0.15) is 0 Å². The lowest BCUT2D eigenvalue weighted by Gasteiger charge is -1.54. The van der Waals surface area contributed by atoms with E-state index < -0.39 is 12.2 Å². The van der Waals surface area contributed by atoms with Crippen molar-refractivity contribution in [3.8, 4) is 0 Å². The van der Waals surface area contributed by atoms with Crippen molar-refractivity contribution in [2.45, 2.75) is 0 Å². The Hall–Kier alpha value is -1.06. The lowest BCUT2D eigenvalue weighted by Crippen LogP contribution is -1.33. The molecule has 0 heterocycles. The highest BCUT2D eigenvalue weighted by molar-refractivity contribution is 4.57. The lowest BCUT2D eigenvalue weighted by molar-refractivity contribution is 0.425. The summed E-state index contributed by atoms with van der Waals surface area (Å²) in [6.45, 7) is 10.4. The molecule has 0 saturated heterocycles. The van der Waals surface area contributed by atoms with Crippen LogP contribution < -0.4 is 0 Å². The first-order valence-corrected chi connectivity index (χ1v) is 1.96. The zero-order valence-electron chi connectivity index (χ0n) is 5.34. The van der Waals surface area contributed by atoms with Crippen LogP contribution in [-0.4, -0.2) is 0 Å². The first-order chi connectivity index (χ1) is 4.46. The Kier molecular flexibility index (Phi) is 25.0. The number of hydrogen-bond donors (Lipinski definition) is 0. The molecule has 0 N–H and O–H groups in total. The maximum atomic E-state index is 10.1. The minimum atomic E-state index is -1.83. The standard InChI is InChI=1S/2C2H2F2.C2H4/c2*1-2(3)4;1-2/h2*1H2;1-2H2. The van der Waals surface area contributed by atoms with Gasteiger partial charge in [-0.15, -0.1) is 13.2 Å². The molecular weight excluding hydrogens is 148 g/mol. The summed E-state index contributed by atoms with van der Waals surface area (Å²) >= 11 is 0. The molecule has 0 aromatic rings. The van der Waals surface area contributed by atoms with Gasteiger partial charge in [-0.05, 0) is 13.2 Å². The summed E-state index contributed by atoms with van der Waals surface area (Å²) in [4.78, 5) is 0. The van der Waals surface area contributed by atoms with E-state index >= 15 is 0 Å². The predicted octanol–water partition coefficient (Wildman–Crippen LogP) is 3.60. The summed E-state index contributed by atoms with van der Waals surface area (Å²) in [5, 5.41) is 0. The second kappa shape index (κ2) is 15.7. The molecule has 0 aliphatic heterocycles. The fourth-order valence-corrected chi connectivity index (χ4v) is 0. The molecule has 10 heavy (non-hydrogen) atoms. The molecule has 0 amide bonds. The van der Waals surface area contributed by atoms with Gasteiger partial charge in [0.1, 0.15) is 0 Å². The lowest BCUT2D eigenvalue weighted by atomic mass is 11.2. The quantitative estimate of drug-likeness (QED) is 0.371. The van der Waals surface area contributed by atoms with Crippen LogP contribution in [0.4, 0.5) is 17.6 Å². The van der Waals surface area contributed by atoms with E-state index in [0.717, 1.165) is 0 Å². The van der Waals surface area contributed by atoms with Gasteiger partial charge >= 0.3 is 0 Å². The van der Waals surface area contributed by atoms with Crippen molar-refractivity contribution in [2.24, 2.45) is 0 Å². The Balaban J connectivity index is -0.0000000787. The Morgan fingerprint density at radius 2 is 0.700 bits per heavy atom. The van der Waals surface area contributed by atoms with Crippen LogP contribution in [0.25, 0.3) is 0 Å². The molecule has 60 valence electrons. The van der Waals surface area contributed by atoms with E-state index in [1.165, 1.54) is 0 Å². The molecule has 0 bridgehead atoms. The van der Waals surface area contributed by atoms with E-state index in [0.29, 0.717) is 0 Å². The van der Waals surface area contributed by atoms with Crippen LogP contribution in [-0.2, 0) is 0 Å². The summed E-state index contributed by atoms with van der Waals surface area (Å²) in [7, 11) is 0. The van der Waals surface area contributed by atoms with E-state index in [1.54, 1.807) is 0 Å². The van der Waals surface area contributed by atoms with E-state index in [1.807, 2.05) is 0 Å². The van der Waals surface area contributed by atoms with Crippen LogP contribution in [0.15, 0.2) is 38.5 Å². The summed E-state index contributed by atoms with van der Waals surface area (Å²) in [6.07, 6.45) is -3.67. The smallest absolute Gasteiger partial charge is 0.174 e. The van der Waals surface area contributed by atoms with Gasteiger partial charge in [-0.2, -0.15) is 17.6 Å². The fourth-order valence-electron chi connectivity index (χ4n) is 0. The average Bonchev–Trinajstić information content (AvgIpc) is 1.66. The fraction of sp³-hybridized carbons (Fsp3) is 0. The number of halogens is 4. The second-order valence-corrected chi connectivity index (χ2v) is 0.677. The Bertz CT molecular complexity index is 77.9. The van der Waals surface area contributed by atoms with Crippen molar-refractivity contribution >= 4 is 0 Å². The van der Waals surface area contributed by atoms with Crippen molar-refractivity contribution in [3.05, 3.63) is 38.5 Å². The number of rotatable bonds is 0. The van der Waals surface area contributed by atoms with Gasteiger partial charge in [0, 0.05) is 0 Å². The zero-order chi connectivity index (χ0) is 9.15. The maximum absolute atomic E-state index is 10.1. The molecular formula is C6H8F4. The van der Waals surface area contributed by atoms with E-state index in [9.17, 15) is 17.6 Å². The maximum Gasteiger partial charge on any atom is 0.263 e. The highest BCUT2D eigenvalue weighted by Crippen LogP contribution is 1.85. The normalized spacial score (nSPS) is 5.60. The van der Waals surface area contributed by atoms with E-state index in [-0.39, 0.29) is 0 Å². The molecule has 0 spiro atoms. The zero-order valence-corrected chi connectivity index (χ0v) is 5.34. The Labute approximate surface area is 57.2 Å². The Morgan fingerprint density at radius 3 is 0.700 bits per heavy atom. The molecule has 0 aromatic carbocycles. The van der Waals surface area contributed by atoms with Gasteiger partial charge < -0.3 is 0 Å². The SMILES string of the molecule is C=C.C=C(F)F.C=C(F)F. The Morgan fingerprint density at radius 1 is 0.700 bits per heavy atom. The minimum absolute atomic E-state index is 1.83. The topological polar surface area (TPSA) is 0 Å². The van der Waals surface area contributed by atoms with Gasteiger partial charge in [0.2, 0.25) is 0 Å². The van der Waals surface area contributed by atoms with Gasteiger partial charge in [0.15, 0.2) is 0 Å². The summed E-state index contributed by atoms with van der Waals surface area (Å²) < 4.78 is 40.6. The van der Waals surface area contributed by atoms with E-state index in [2.05, 4.69) is 26.3 Å². The molecule has 4 heteroatoms. The van der Waals surface area contributed by atoms with Gasteiger partial charge in [-0.3, -0.25) is 0 Å². The summed E-state index contributed by atoms with van der Waals surface area (Å²) in [5.41, 5.74) is 0. The van der Waals surface area contributed by atoms with Crippen LogP contribution in [0, 0.1) is 0 Å². The largest absolute Gasteiger partial charge is 0.263 e. The van der Waals surface area contributed by atoms with E-state index in [4.69, 9.17) is 0 Å². The molecule has 0 aromatic heterocycles. The molecule has 0 fully saturated rings. The third kappa shape index (κ3) is 218. The number of hydrogen-bond acceptors (Lipinski definition) is 0. The molecule has 0 nitrogen and oxygen atoms in total. The molecule has 0 unspecified atom stereocenters. The van der Waals surface area contributed by atoms with Gasteiger partial charge in [-0.25, -0.2) is 0 Å². The summed E-state index contributed by atoms with van der Waals surface area (Å²) in [6, 6.07) is 0. The average molecular weight is 156 g/mol.